The van der Waals surface area contributed by atoms with E-state index < -0.39 is 11.9 Å². The minimum absolute atomic E-state index is 0.0288. The highest BCUT2D eigenvalue weighted by Gasteiger charge is 2.22. The van der Waals surface area contributed by atoms with Gasteiger partial charge in [0.15, 0.2) is 5.16 Å². The Morgan fingerprint density at radius 3 is 2.78 bits per heavy atom. The quantitative estimate of drug-likeness (QED) is 0.314. The number of carbonyl (C=O) groups is 2. The van der Waals surface area contributed by atoms with E-state index in [1.54, 1.807) is 22.0 Å². The first kappa shape index (κ1) is 22.3. The predicted molar refractivity (Wildman–Crippen MR) is 128 cm³/mol. The molecule has 166 valence electrons. The molecule has 3 amide bonds. The molecule has 1 aromatic carbocycles. The van der Waals surface area contributed by atoms with Gasteiger partial charge in [-0.25, -0.2) is 9.78 Å². The molecule has 2 heterocycles. The highest BCUT2D eigenvalue weighted by atomic mass is 32.2. The Morgan fingerprint density at radius 1 is 1.22 bits per heavy atom. The molecule has 2 N–H and O–H groups in total. The van der Waals surface area contributed by atoms with Crippen LogP contribution in [0.2, 0.25) is 0 Å². The van der Waals surface area contributed by atoms with Crippen LogP contribution in [0.5, 0.6) is 0 Å². The number of imide groups is 1. The van der Waals surface area contributed by atoms with Gasteiger partial charge in [0.25, 0.3) is 5.56 Å². The molecule has 0 saturated heterocycles. The normalized spacial score (nSPS) is 12.9. The van der Waals surface area contributed by atoms with Gasteiger partial charge in [-0.2, -0.15) is 0 Å². The van der Waals surface area contributed by atoms with Gasteiger partial charge < -0.3 is 5.32 Å². The largest absolute Gasteiger partial charge is 0.334 e. The number of aromatic nitrogens is 2. The van der Waals surface area contributed by atoms with E-state index in [1.165, 1.54) is 4.88 Å². The number of nitrogens with zero attached hydrogens (tertiary/aromatic N) is 2. The molecule has 1 aliphatic rings. The van der Waals surface area contributed by atoms with Crippen LogP contribution in [0, 0.1) is 0 Å². The summed E-state index contributed by atoms with van der Waals surface area (Å²) >= 11 is 2.72. The zero-order valence-electron chi connectivity index (χ0n) is 17.6. The van der Waals surface area contributed by atoms with Crippen LogP contribution in [0.15, 0.2) is 52.9 Å². The predicted octanol–water partition coefficient (Wildman–Crippen LogP) is 3.64. The van der Waals surface area contributed by atoms with Gasteiger partial charge in [-0.3, -0.25) is 19.5 Å². The molecule has 0 saturated carbocycles. The summed E-state index contributed by atoms with van der Waals surface area (Å²) in [4.78, 5) is 44.2. The molecule has 2 aromatic heterocycles. The molecular weight excluding hydrogens is 444 g/mol. The van der Waals surface area contributed by atoms with Crippen LogP contribution < -0.4 is 16.2 Å². The Hall–Kier alpha value is -2.91. The van der Waals surface area contributed by atoms with Crippen molar-refractivity contribution in [3.8, 4) is 0 Å². The zero-order chi connectivity index (χ0) is 22.5. The number of allylic oxidation sites excluding steroid dienone is 1. The van der Waals surface area contributed by atoms with Crippen molar-refractivity contribution in [1.82, 2.24) is 20.2 Å². The minimum Gasteiger partial charge on any atom is -0.334 e. The van der Waals surface area contributed by atoms with Gasteiger partial charge in [-0.1, -0.05) is 48.2 Å². The fraction of sp³-hybridized carbons (Fsp3) is 0.304. The molecule has 1 aliphatic carbocycles. The number of nitrogens with one attached hydrogen (secondary N) is 2. The summed E-state index contributed by atoms with van der Waals surface area (Å²) < 4.78 is 1.56. The number of hydrogen-bond acceptors (Lipinski definition) is 6. The number of thioether (sulfide) groups is 1. The summed E-state index contributed by atoms with van der Waals surface area (Å²) in [5.74, 6) is -0.482. The van der Waals surface area contributed by atoms with E-state index in [0.29, 0.717) is 23.6 Å². The molecule has 4 rings (SSSR count). The lowest BCUT2D eigenvalue weighted by Crippen LogP contribution is -2.40. The Bertz CT molecular complexity index is 1220. The molecule has 7 nitrogen and oxygen atoms in total. The molecule has 0 spiro atoms. The van der Waals surface area contributed by atoms with Gasteiger partial charge in [0.2, 0.25) is 5.91 Å². The van der Waals surface area contributed by atoms with Gasteiger partial charge in [0, 0.05) is 18.0 Å². The van der Waals surface area contributed by atoms with Gasteiger partial charge in [-0.05, 0) is 36.8 Å². The Labute approximate surface area is 193 Å². The summed E-state index contributed by atoms with van der Waals surface area (Å²) in [6.45, 7) is 4.39. The van der Waals surface area contributed by atoms with Crippen LogP contribution in [0.1, 0.15) is 28.8 Å². The van der Waals surface area contributed by atoms with Crippen molar-refractivity contribution < 1.29 is 9.59 Å². The maximum atomic E-state index is 13.2. The van der Waals surface area contributed by atoms with Gasteiger partial charge in [0.1, 0.15) is 4.83 Å². The van der Waals surface area contributed by atoms with Crippen molar-refractivity contribution in [3.05, 3.63) is 69.3 Å². The number of urea groups is 1. The van der Waals surface area contributed by atoms with E-state index >= 15 is 0 Å². The van der Waals surface area contributed by atoms with E-state index in [2.05, 4.69) is 17.2 Å². The summed E-state index contributed by atoms with van der Waals surface area (Å²) in [6, 6.07) is 8.88. The standard InChI is InChI=1S/C23H24N4O3S2/c1-2-12-27-21(29)19-16-10-6-7-11-17(16)32-20(19)26-23(27)31-14-18(28)25-22(30)24-13-15-8-4-3-5-9-15/h2-5,8-9H,1,6-7,10-14H2,(H2,24,25,28,30). The number of benzene rings is 1. The maximum Gasteiger partial charge on any atom is 0.321 e. The average molecular weight is 469 g/mol. The molecular formula is C23H24N4O3S2. The molecule has 0 fully saturated rings. The summed E-state index contributed by atoms with van der Waals surface area (Å²) in [5.41, 5.74) is 1.99. The second kappa shape index (κ2) is 10.1. The molecule has 0 radical (unpaired) electrons. The number of hydrogen-bond donors (Lipinski definition) is 2. The monoisotopic (exact) mass is 468 g/mol. The lowest BCUT2D eigenvalue weighted by atomic mass is 9.97. The lowest BCUT2D eigenvalue weighted by molar-refractivity contribution is -0.117. The van der Waals surface area contributed by atoms with Gasteiger partial charge in [-0.15, -0.1) is 17.9 Å². The minimum atomic E-state index is -0.558. The topological polar surface area (TPSA) is 93.1 Å². The summed E-state index contributed by atoms with van der Waals surface area (Å²) in [7, 11) is 0. The first-order valence-corrected chi connectivity index (χ1v) is 12.3. The smallest absolute Gasteiger partial charge is 0.321 e. The zero-order valence-corrected chi connectivity index (χ0v) is 19.2. The second-order valence-corrected chi connectivity index (χ2v) is 9.52. The number of fused-ring (bicyclic) bond motifs is 3. The van der Waals surface area contributed by atoms with Crippen LogP contribution in [-0.2, 0) is 30.7 Å². The molecule has 0 aliphatic heterocycles. The van der Waals surface area contributed by atoms with Crippen molar-refractivity contribution >= 4 is 45.3 Å². The molecule has 9 heteroatoms. The molecule has 32 heavy (non-hydrogen) atoms. The lowest BCUT2D eigenvalue weighted by Gasteiger charge is -2.12. The van der Waals surface area contributed by atoms with Gasteiger partial charge >= 0.3 is 6.03 Å². The third-order valence-corrected chi connectivity index (χ3v) is 7.39. The number of thiophene rings is 1. The van der Waals surface area contributed by atoms with Crippen LogP contribution in [0.25, 0.3) is 10.2 Å². The third kappa shape index (κ3) is 4.94. The highest BCUT2D eigenvalue weighted by molar-refractivity contribution is 7.99. The van der Waals surface area contributed by atoms with Gasteiger partial charge in [0.05, 0.1) is 11.1 Å². The first-order valence-electron chi connectivity index (χ1n) is 10.5. The van der Waals surface area contributed by atoms with Crippen molar-refractivity contribution in [3.63, 3.8) is 0 Å². The Morgan fingerprint density at radius 2 is 2.00 bits per heavy atom. The molecule has 0 unspecified atom stereocenters. The van der Waals surface area contributed by atoms with Crippen molar-refractivity contribution in [2.75, 3.05) is 5.75 Å². The fourth-order valence-electron chi connectivity index (χ4n) is 3.74. The number of rotatable bonds is 7. The SMILES string of the molecule is C=CCn1c(SCC(=O)NC(=O)NCc2ccccc2)nc2sc3c(c2c1=O)CCCC3. The molecule has 3 aromatic rings. The van der Waals surface area contributed by atoms with E-state index in [4.69, 9.17) is 4.98 Å². The maximum absolute atomic E-state index is 13.2. The molecule has 0 bridgehead atoms. The van der Waals surface area contributed by atoms with Crippen molar-refractivity contribution in [2.24, 2.45) is 0 Å². The number of aryl methyl sites for hydroxylation is 2. The van der Waals surface area contributed by atoms with Crippen LogP contribution in [-0.4, -0.2) is 27.2 Å². The Balaban J connectivity index is 1.44. The van der Waals surface area contributed by atoms with E-state index in [0.717, 1.165) is 53.4 Å². The number of carbonyl (C=O) groups excluding carboxylic acids is 2. The summed E-state index contributed by atoms with van der Waals surface area (Å²) in [5, 5.41) is 6.15. The van der Waals surface area contributed by atoms with Crippen LogP contribution in [0.4, 0.5) is 4.79 Å². The van der Waals surface area contributed by atoms with Crippen molar-refractivity contribution in [2.45, 2.75) is 43.9 Å². The second-order valence-electron chi connectivity index (χ2n) is 7.49. The molecule has 0 atom stereocenters. The third-order valence-electron chi connectivity index (χ3n) is 5.23. The number of amides is 3. The summed E-state index contributed by atoms with van der Waals surface area (Å²) in [6.07, 6.45) is 5.76. The average Bonchev–Trinajstić information content (AvgIpc) is 3.17. The van der Waals surface area contributed by atoms with Crippen LogP contribution in [0.3, 0.4) is 0 Å². The van der Waals surface area contributed by atoms with Crippen LogP contribution >= 0.6 is 23.1 Å². The van der Waals surface area contributed by atoms with E-state index in [-0.39, 0.29) is 11.3 Å². The fourth-order valence-corrected chi connectivity index (χ4v) is 5.85. The Kier molecular flexibility index (Phi) is 7.06. The first-order chi connectivity index (χ1) is 15.6. The van der Waals surface area contributed by atoms with E-state index in [9.17, 15) is 14.4 Å². The van der Waals surface area contributed by atoms with Crippen molar-refractivity contribution in [1.29, 1.82) is 0 Å². The van der Waals surface area contributed by atoms with E-state index in [1.807, 2.05) is 30.3 Å². The highest BCUT2D eigenvalue weighted by Crippen LogP contribution is 2.34.